The fourth-order valence-corrected chi connectivity index (χ4v) is 0.0559. The standard InChI is InChI=1S/C2H6N3.2CH4.5Y/c3-1-5-2-4;;;;;;;/h3-4H,1-2H2;2*1H4;;;;;/q-3;;;;;;;. The summed E-state index contributed by atoms with van der Waals surface area (Å²) in [6, 6.07) is 0. The second-order valence-corrected chi connectivity index (χ2v) is 0.540. The minimum absolute atomic E-state index is 0. The maximum atomic E-state index is 6.32. The molecule has 0 rings (SSSR count). The van der Waals surface area contributed by atoms with E-state index in [9.17, 15) is 0 Å². The molecule has 0 aromatic rings. The Hall–Kier alpha value is 5.40. The van der Waals surface area contributed by atoms with E-state index in [2.05, 4.69) is 5.32 Å². The van der Waals surface area contributed by atoms with Gasteiger partial charge in [-0.25, -0.2) is 0 Å². The molecule has 3 nitrogen and oxygen atoms in total. The van der Waals surface area contributed by atoms with Gasteiger partial charge in [-0.15, -0.1) is 0 Å². The van der Waals surface area contributed by atoms with Crippen LogP contribution in [0.2, 0.25) is 0 Å². The maximum absolute atomic E-state index is 6.32. The molecule has 5 radical (unpaired) electrons. The summed E-state index contributed by atoms with van der Waals surface area (Å²) >= 11 is 0. The third kappa shape index (κ3) is 58.3. The van der Waals surface area contributed by atoms with Gasteiger partial charge in [-0.3, -0.25) is 13.3 Å². The first-order chi connectivity index (χ1) is 2.41. The number of hydrogen-bond donors (Lipinski definition) is 0. The molecular weight excluding hydrogens is 535 g/mol. The van der Waals surface area contributed by atoms with Crippen LogP contribution in [0.25, 0.3) is 16.8 Å². The summed E-state index contributed by atoms with van der Waals surface area (Å²) in [5, 5.41) is 3.31. The molecule has 0 saturated heterocycles. The van der Waals surface area contributed by atoms with Crippen molar-refractivity contribution in [3.8, 4) is 0 Å². The van der Waals surface area contributed by atoms with Crippen LogP contribution in [0, 0.1) is 0 Å². The van der Waals surface area contributed by atoms with Crippen molar-refractivity contribution in [1.82, 2.24) is 0 Å². The molecule has 0 aliphatic heterocycles. The molecule has 0 atom stereocenters. The number of nitrogens with one attached hydrogen (secondary N) is 2. The average molecular weight is 549 g/mol. The Morgan fingerprint density at radius 1 is 0.667 bits per heavy atom. The Kier molecular flexibility index (Phi) is 243. The van der Waals surface area contributed by atoms with Crippen molar-refractivity contribution in [1.29, 1.82) is 0 Å². The predicted octanol–water partition coefficient (Wildman–Crippen LogP) is 2.64. The van der Waals surface area contributed by atoms with Crippen molar-refractivity contribution < 1.29 is 164 Å². The van der Waals surface area contributed by atoms with Crippen LogP contribution in [-0.2, 0) is 164 Å². The van der Waals surface area contributed by atoms with Gasteiger partial charge in [-0.05, 0) is 0 Å². The van der Waals surface area contributed by atoms with Gasteiger partial charge in [0.15, 0.2) is 0 Å². The van der Waals surface area contributed by atoms with Gasteiger partial charge in [0.05, 0.1) is 0 Å². The molecule has 0 aliphatic carbocycles. The van der Waals surface area contributed by atoms with Crippen LogP contribution in [0.4, 0.5) is 0 Å². The van der Waals surface area contributed by atoms with Crippen molar-refractivity contribution in [2.75, 3.05) is 13.3 Å². The molecule has 0 aromatic heterocycles. The SMILES string of the molecule is C.C.[NH-]C[N-]C[NH-].[Y].[Y].[Y].[Y].[Y]. The minimum Gasteiger partial charge on any atom is -0.699 e. The molecule has 0 spiro atoms. The van der Waals surface area contributed by atoms with Gasteiger partial charge in [0, 0.05) is 164 Å². The van der Waals surface area contributed by atoms with Gasteiger partial charge in [0.25, 0.3) is 0 Å². The van der Waals surface area contributed by atoms with E-state index in [4.69, 9.17) is 11.5 Å². The molecule has 0 aliphatic rings. The minimum atomic E-state index is 0. The van der Waals surface area contributed by atoms with E-state index in [0.29, 0.717) is 0 Å². The van der Waals surface area contributed by atoms with Crippen LogP contribution in [-0.4, -0.2) is 13.3 Å². The van der Waals surface area contributed by atoms with Crippen LogP contribution in [0.3, 0.4) is 0 Å². The molecule has 0 unspecified atom stereocenters. The second-order valence-electron chi connectivity index (χ2n) is 0.540. The van der Waals surface area contributed by atoms with Crippen LogP contribution < -0.4 is 0 Å². The van der Waals surface area contributed by atoms with Crippen molar-refractivity contribution in [3.05, 3.63) is 16.8 Å². The van der Waals surface area contributed by atoms with E-state index in [0.717, 1.165) is 0 Å². The molecule has 0 aromatic carbocycles. The Morgan fingerprint density at radius 2 is 0.833 bits per heavy atom. The zero-order valence-corrected chi connectivity index (χ0v) is 19.9. The molecule has 0 saturated carbocycles. The predicted molar refractivity (Wildman–Crippen MR) is 35.2 cm³/mol. The van der Waals surface area contributed by atoms with Crippen LogP contribution in [0.15, 0.2) is 0 Å². The summed E-state index contributed by atoms with van der Waals surface area (Å²) in [5.41, 5.74) is 12.6. The molecule has 12 heavy (non-hydrogen) atoms. The maximum Gasteiger partial charge on any atom is 0 e. The van der Waals surface area contributed by atoms with Crippen molar-refractivity contribution in [3.63, 3.8) is 0 Å². The molecule has 8 heteroatoms. The summed E-state index contributed by atoms with van der Waals surface area (Å²) < 4.78 is 0. The van der Waals surface area contributed by atoms with Crippen LogP contribution in [0.1, 0.15) is 14.9 Å². The van der Waals surface area contributed by atoms with Gasteiger partial charge < -0.3 is 16.8 Å². The van der Waals surface area contributed by atoms with E-state index >= 15 is 0 Å². The quantitative estimate of drug-likeness (QED) is 0.510. The summed E-state index contributed by atoms with van der Waals surface area (Å²) in [6.07, 6.45) is 0. The normalized spacial score (nSPS) is 3.50. The van der Waals surface area contributed by atoms with Crippen molar-refractivity contribution in [2.24, 2.45) is 0 Å². The Labute approximate surface area is 203 Å². The summed E-state index contributed by atoms with van der Waals surface area (Å²) in [5.74, 6) is 0. The summed E-state index contributed by atoms with van der Waals surface area (Å²) in [6.45, 7) is 0.0625. The Balaban J connectivity index is -0.00000000381. The third-order valence-corrected chi connectivity index (χ3v) is 0.224. The smallest absolute Gasteiger partial charge is 0 e. The van der Waals surface area contributed by atoms with Gasteiger partial charge in [-0.2, -0.15) is 0 Å². The monoisotopic (exact) mass is 549 g/mol. The van der Waals surface area contributed by atoms with E-state index < -0.39 is 0 Å². The summed E-state index contributed by atoms with van der Waals surface area (Å²) in [4.78, 5) is 0. The number of nitrogens with zero attached hydrogens (tertiary/aromatic N) is 1. The first-order valence-electron chi connectivity index (χ1n) is 1.34. The largest absolute Gasteiger partial charge is 0.699 e. The molecular formula is C4H14N3Y5-3. The fraction of sp³-hybridized carbons (Fsp3) is 1.00. The first kappa shape index (κ1) is 53.0. The summed E-state index contributed by atoms with van der Waals surface area (Å²) in [7, 11) is 0. The van der Waals surface area contributed by atoms with E-state index in [1.165, 1.54) is 0 Å². The van der Waals surface area contributed by atoms with Crippen LogP contribution >= 0.6 is 0 Å². The van der Waals surface area contributed by atoms with Crippen molar-refractivity contribution in [2.45, 2.75) is 14.9 Å². The van der Waals surface area contributed by atoms with Crippen LogP contribution in [0.5, 0.6) is 0 Å². The fourth-order valence-electron chi connectivity index (χ4n) is 0.0559. The Bertz CT molecular complexity index is 26.2. The number of rotatable bonds is 2. The van der Waals surface area contributed by atoms with E-state index in [1.54, 1.807) is 0 Å². The topological polar surface area (TPSA) is 61.7 Å². The second kappa shape index (κ2) is 55.1. The van der Waals surface area contributed by atoms with E-state index in [1.807, 2.05) is 0 Å². The number of hydrogen-bond acceptors (Lipinski definition) is 0. The zero-order chi connectivity index (χ0) is 4.12. The van der Waals surface area contributed by atoms with Gasteiger partial charge in [0.2, 0.25) is 0 Å². The molecule has 0 heterocycles. The molecule has 63 valence electrons. The zero-order valence-electron chi connectivity index (χ0n) is 5.75. The first-order valence-corrected chi connectivity index (χ1v) is 1.34. The van der Waals surface area contributed by atoms with Crippen molar-refractivity contribution >= 4 is 0 Å². The van der Waals surface area contributed by atoms with Gasteiger partial charge >= 0.3 is 0 Å². The molecule has 0 amide bonds. The Morgan fingerprint density at radius 3 is 0.833 bits per heavy atom. The molecule has 0 bridgehead atoms. The average Bonchev–Trinajstić information content (AvgIpc) is 1.41. The van der Waals surface area contributed by atoms with E-state index in [-0.39, 0.29) is 192 Å². The van der Waals surface area contributed by atoms with Gasteiger partial charge in [0.1, 0.15) is 0 Å². The third-order valence-electron chi connectivity index (χ3n) is 0.224. The van der Waals surface area contributed by atoms with Gasteiger partial charge in [-0.1, -0.05) is 14.9 Å². The molecule has 0 fully saturated rings. The molecule has 2 N–H and O–H groups in total.